The van der Waals surface area contributed by atoms with Crippen LogP contribution >= 0.6 is 0 Å². The second-order valence-corrected chi connectivity index (χ2v) is 25.1. The molecule has 37 heavy (non-hydrogen) atoms. The zero-order chi connectivity index (χ0) is 27.4. The molecule has 0 bridgehead atoms. The van der Waals surface area contributed by atoms with Crippen LogP contribution in [0.2, 0.25) is 14.8 Å². The molecule has 0 aromatic heterocycles. The zero-order valence-electron chi connectivity index (χ0n) is 23.8. The van der Waals surface area contributed by atoms with Crippen LogP contribution in [0.15, 0.2) is 36.4 Å². The van der Waals surface area contributed by atoms with Gasteiger partial charge >= 0.3 is 215 Å². The predicted octanol–water partition coefficient (Wildman–Crippen LogP) is 6.29. The minimum atomic E-state index is -2.53. The van der Waals surface area contributed by atoms with Gasteiger partial charge < -0.3 is 0 Å². The molecule has 0 heterocycles. The summed E-state index contributed by atoms with van der Waals surface area (Å²) in [5.74, 6) is -0.708. The SMILES string of the molecule is CCCCCCCCN(C(=O)CC)N(CCC(=O)OCC)C(=O)c1c[c]([Sn]([CH3])([CH3])[CH3])cc2ccccc12. The van der Waals surface area contributed by atoms with Gasteiger partial charge in [0.25, 0.3) is 0 Å². The van der Waals surface area contributed by atoms with E-state index in [4.69, 9.17) is 4.74 Å². The Morgan fingerprint density at radius 3 is 2.16 bits per heavy atom. The number of benzene rings is 2. The van der Waals surface area contributed by atoms with E-state index in [1.807, 2.05) is 37.3 Å². The molecule has 0 atom stereocenters. The normalized spacial score (nSPS) is 11.4. The first-order valence-electron chi connectivity index (χ1n) is 13.9. The van der Waals surface area contributed by atoms with Crippen molar-refractivity contribution >= 4 is 50.5 Å². The van der Waals surface area contributed by atoms with Crippen molar-refractivity contribution in [3.8, 4) is 0 Å². The second kappa shape index (κ2) is 15.4. The Hall–Kier alpha value is -2.09. The van der Waals surface area contributed by atoms with Gasteiger partial charge in [0.2, 0.25) is 0 Å². The maximum atomic E-state index is 14.2. The maximum absolute atomic E-state index is 14.2. The number of fused-ring (bicyclic) bond motifs is 1. The van der Waals surface area contributed by atoms with Gasteiger partial charge in [0.1, 0.15) is 0 Å². The van der Waals surface area contributed by atoms with Gasteiger partial charge in [-0.05, 0) is 0 Å². The van der Waals surface area contributed by atoms with Crippen molar-refractivity contribution in [2.75, 3.05) is 19.7 Å². The van der Waals surface area contributed by atoms with Gasteiger partial charge in [0.05, 0.1) is 0 Å². The van der Waals surface area contributed by atoms with Gasteiger partial charge in [-0.2, -0.15) is 0 Å². The van der Waals surface area contributed by atoms with Crippen LogP contribution in [-0.4, -0.2) is 65.9 Å². The Kier molecular flexibility index (Phi) is 12.9. The molecule has 0 spiro atoms. The van der Waals surface area contributed by atoms with E-state index in [1.165, 1.54) is 27.9 Å². The van der Waals surface area contributed by atoms with Crippen LogP contribution in [0.3, 0.4) is 0 Å². The van der Waals surface area contributed by atoms with Gasteiger partial charge in [0, 0.05) is 0 Å². The van der Waals surface area contributed by atoms with Gasteiger partial charge in [-0.1, -0.05) is 13.3 Å². The molecule has 0 aliphatic rings. The summed E-state index contributed by atoms with van der Waals surface area (Å²) >= 11 is -2.53. The Morgan fingerprint density at radius 1 is 0.838 bits per heavy atom. The molecule has 0 unspecified atom stereocenters. The van der Waals surface area contributed by atoms with Gasteiger partial charge in [0.15, 0.2) is 0 Å². The van der Waals surface area contributed by atoms with Crippen molar-refractivity contribution in [1.29, 1.82) is 0 Å². The predicted molar refractivity (Wildman–Crippen MR) is 155 cm³/mol. The molecule has 0 saturated heterocycles. The fourth-order valence-corrected chi connectivity index (χ4v) is 7.75. The quantitative estimate of drug-likeness (QED) is 0.108. The number of carbonyl (C=O) groups excluding carboxylic acids is 3. The summed E-state index contributed by atoms with van der Waals surface area (Å²) < 4.78 is 6.40. The topological polar surface area (TPSA) is 66.9 Å². The fourth-order valence-electron chi connectivity index (χ4n) is 4.43. The molecule has 0 N–H and O–H groups in total. The fraction of sp³-hybridized carbons (Fsp3) is 0.567. The van der Waals surface area contributed by atoms with Crippen LogP contribution in [0.5, 0.6) is 0 Å². The molecular formula is C30H46N2O4Sn. The van der Waals surface area contributed by atoms with Crippen molar-refractivity contribution in [3.63, 3.8) is 0 Å². The molecule has 2 aromatic carbocycles. The summed E-state index contributed by atoms with van der Waals surface area (Å²) in [5.41, 5.74) is 0.598. The van der Waals surface area contributed by atoms with Crippen molar-refractivity contribution in [2.24, 2.45) is 0 Å². The van der Waals surface area contributed by atoms with E-state index >= 15 is 0 Å². The van der Waals surface area contributed by atoms with E-state index in [0.717, 1.165) is 30.0 Å². The first-order chi connectivity index (χ1) is 17.6. The average Bonchev–Trinajstić information content (AvgIpc) is 2.87. The van der Waals surface area contributed by atoms with Crippen LogP contribution in [0.25, 0.3) is 10.8 Å². The van der Waals surface area contributed by atoms with Crippen LogP contribution in [-0.2, 0) is 14.3 Å². The van der Waals surface area contributed by atoms with E-state index < -0.39 is 18.4 Å². The Labute approximate surface area is 227 Å². The monoisotopic (exact) mass is 618 g/mol. The Morgan fingerprint density at radius 2 is 1.51 bits per heavy atom. The Balaban J connectivity index is 2.47. The molecular weight excluding hydrogens is 571 g/mol. The van der Waals surface area contributed by atoms with Gasteiger partial charge in [-0.3, -0.25) is 0 Å². The molecule has 0 aliphatic carbocycles. The number of nitrogens with zero attached hydrogens (tertiary/aromatic N) is 2. The number of amides is 2. The van der Waals surface area contributed by atoms with Gasteiger partial charge in [-0.15, -0.1) is 0 Å². The number of hydrazine groups is 1. The Bertz CT molecular complexity index is 1050. The standard InChI is InChI=1S/C27H37N2O4.3CH3.Sn/c1-4-7-8-9-10-13-20-28(25(30)5-2)29(21-19-26(31)33-6-3)27(32)24-18-14-16-22-15-11-12-17-23(22)24;;;;/h11-12,15-18H,4-10,13,19-21H2,1-3H3;3*1H3;. The number of esters is 1. The summed E-state index contributed by atoms with van der Waals surface area (Å²) in [6, 6.07) is 12.2. The molecule has 204 valence electrons. The average molecular weight is 617 g/mol. The van der Waals surface area contributed by atoms with E-state index in [2.05, 4.69) is 27.8 Å². The van der Waals surface area contributed by atoms with Gasteiger partial charge in [-0.25, -0.2) is 0 Å². The first kappa shape index (κ1) is 31.1. The molecule has 0 fully saturated rings. The molecule has 7 heteroatoms. The van der Waals surface area contributed by atoms with Crippen molar-refractivity contribution in [1.82, 2.24) is 10.0 Å². The van der Waals surface area contributed by atoms with Crippen LogP contribution in [0, 0.1) is 0 Å². The number of unbranched alkanes of at least 4 members (excludes halogenated alkanes) is 5. The van der Waals surface area contributed by atoms with Crippen LogP contribution in [0.1, 0.15) is 82.5 Å². The van der Waals surface area contributed by atoms with E-state index in [0.29, 0.717) is 12.1 Å². The summed E-state index contributed by atoms with van der Waals surface area (Å²) in [6.07, 6.45) is 6.85. The molecule has 6 nitrogen and oxygen atoms in total. The third kappa shape index (κ3) is 9.31. The number of hydrogen-bond donors (Lipinski definition) is 0. The summed E-state index contributed by atoms with van der Waals surface area (Å²) in [6.45, 7) is 6.63. The number of ether oxygens (including phenoxy) is 1. The van der Waals surface area contributed by atoms with Crippen molar-refractivity contribution in [2.45, 2.75) is 87.0 Å². The third-order valence-corrected chi connectivity index (χ3v) is 12.4. The zero-order valence-corrected chi connectivity index (χ0v) is 26.6. The molecule has 2 amide bonds. The second-order valence-electron chi connectivity index (χ2n) is 10.6. The summed E-state index contributed by atoms with van der Waals surface area (Å²) in [5, 5.41) is 5.00. The first-order valence-corrected chi connectivity index (χ1v) is 23.9. The molecule has 0 aliphatic heterocycles. The number of carbonyl (C=O) groups is 3. The van der Waals surface area contributed by atoms with Crippen molar-refractivity contribution in [3.05, 3.63) is 42.0 Å². The van der Waals surface area contributed by atoms with Crippen LogP contribution < -0.4 is 3.58 Å². The van der Waals surface area contributed by atoms with E-state index in [9.17, 15) is 14.4 Å². The van der Waals surface area contributed by atoms with E-state index in [1.54, 1.807) is 11.9 Å². The van der Waals surface area contributed by atoms with Crippen LogP contribution in [0.4, 0.5) is 0 Å². The number of rotatable bonds is 14. The minimum absolute atomic E-state index is 0.0414. The number of hydrogen-bond acceptors (Lipinski definition) is 4. The molecule has 2 rings (SSSR count). The summed E-state index contributed by atoms with van der Waals surface area (Å²) in [4.78, 5) is 46.7. The molecule has 2 aromatic rings. The van der Waals surface area contributed by atoms with E-state index in [-0.39, 0.29) is 43.8 Å². The molecule has 0 saturated carbocycles. The van der Waals surface area contributed by atoms with Crippen molar-refractivity contribution < 1.29 is 19.1 Å². The summed E-state index contributed by atoms with van der Waals surface area (Å²) in [7, 11) is 0. The third-order valence-electron chi connectivity index (χ3n) is 6.63. The molecule has 0 radical (unpaired) electrons.